The van der Waals surface area contributed by atoms with E-state index < -0.39 is 17.6 Å². The number of alkyl halides is 3. The molecule has 0 bridgehead atoms. The van der Waals surface area contributed by atoms with Crippen molar-refractivity contribution < 1.29 is 22.0 Å². The number of rotatable bonds is 2. The maximum absolute atomic E-state index is 13.1. The maximum Gasteiger partial charge on any atom is 0.419 e. The summed E-state index contributed by atoms with van der Waals surface area (Å²) >= 11 is 0. The van der Waals surface area contributed by atoms with Crippen molar-refractivity contribution >= 4 is 0 Å². The number of nitrogens with two attached hydrogens (primary N) is 1. The van der Waals surface area contributed by atoms with E-state index in [0.717, 1.165) is 12.1 Å². The summed E-state index contributed by atoms with van der Waals surface area (Å²) in [5, 5.41) is 0. The number of halogens is 4. The molecule has 2 rings (SSSR count). The van der Waals surface area contributed by atoms with Crippen LogP contribution in [0.15, 0.2) is 34.9 Å². The lowest BCUT2D eigenvalue weighted by molar-refractivity contribution is -0.139. The van der Waals surface area contributed by atoms with Crippen LogP contribution >= 0.6 is 0 Å². The molecule has 0 aliphatic carbocycles. The SMILES string of the molecule is NCc1occc1-c1ccc(F)c(C(F)(F)F)c1. The molecule has 2 nitrogen and oxygen atoms in total. The molecule has 6 heteroatoms. The molecule has 0 saturated heterocycles. The maximum atomic E-state index is 13.1. The highest BCUT2D eigenvalue weighted by atomic mass is 19.4. The monoisotopic (exact) mass is 259 g/mol. The molecule has 0 unspecified atom stereocenters. The van der Waals surface area contributed by atoms with Gasteiger partial charge in [0.15, 0.2) is 0 Å². The van der Waals surface area contributed by atoms with E-state index in [1.54, 1.807) is 0 Å². The second kappa shape index (κ2) is 4.45. The van der Waals surface area contributed by atoms with Crippen LogP contribution in [-0.4, -0.2) is 0 Å². The van der Waals surface area contributed by atoms with E-state index in [4.69, 9.17) is 10.2 Å². The lowest BCUT2D eigenvalue weighted by Crippen LogP contribution is -2.08. The van der Waals surface area contributed by atoms with Crippen LogP contribution in [-0.2, 0) is 12.7 Å². The molecule has 1 heterocycles. The van der Waals surface area contributed by atoms with Gasteiger partial charge in [-0.25, -0.2) is 4.39 Å². The van der Waals surface area contributed by atoms with Crippen LogP contribution in [0.3, 0.4) is 0 Å². The third-order valence-electron chi connectivity index (χ3n) is 2.51. The summed E-state index contributed by atoms with van der Waals surface area (Å²) in [6.45, 7) is 0.0566. The van der Waals surface area contributed by atoms with Gasteiger partial charge in [0.2, 0.25) is 0 Å². The fraction of sp³-hybridized carbons (Fsp3) is 0.167. The van der Waals surface area contributed by atoms with Gasteiger partial charge in [0, 0.05) is 5.56 Å². The summed E-state index contributed by atoms with van der Waals surface area (Å²) < 4.78 is 55.8. The Bertz CT molecular complexity index is 559. The lowest BCUT2D eigenvalue weighted by atomic mass is 10.0. The van der Waals surface area contributed by atoms with Gasteiger partial charge < -0.3 is 10.2 Å². The van der Waals surface area contributed by atoms with Crippen molar-refractivity contribution in [3.05, 3.63) is 47.7 Å². The van der Waals surface area contributed by atoms with Crippen molar-refractivity contribution in [2.45, 2.75) is 12.7 Å². The topological polar surface area (TPSA) is 39.2 Å². The van der Waals surface area contributed by atoms with Crippen LogP contribution < -0.4 is 5.73 Å². The summed E-state index contributed by atoms with van der Waals surface area (Å²) in [6, 6.07) is 4.29. The number of hydrogen-bond acceptors (Lipinski definition) is 2. The number of benzene rings is 1. The van der Waals surface area contributed by atoms with Crippen LogP contribution in [0.25, 0.3) is 11.1 Å². The van der Waals surface area contributed by atoms with E-state index in [2.05, 4.69) is 0 Å². The smallest absolute Gasteiger partial charge is 0.419 e. The van der Waals surface area contributed by atoms with Crippen molar-refractivity contribution in [1.29, 1.82) is 0 Å². The highest BCUT2D eigenvalue weighted by Gasteiger charge is 2.34. The fourth-order valence-corrected chi connectivity index (χ4v) is 1.67. The number of hydrogen-bond donors (Lipinski definition) is 1. The Morgan fingerprint density at radius 3 is 2.50 bits per heavy atom. The summed E-state index contributed by atoms with van der Waals surface area (Å²) in [6.07, 6.45) is -3.40. The third kappa shape index (κ3) is 2.24. The van der Waals surface area contributed by atoms with Gasteiger partial charge in [0.25, 0.3) is 0 Å². The van der Waals surface area contributed by atoms with Gasteiger partial charge in [-0.05, 0) is 23.8 Å². The molecule has 0 aliphatic heterocycles. The van der Waals surface area contributed by atoms with Crippen molar-refractivity contribution in [2.75, 3.05) is 0 Å². The summed E-state index contributed by atoms with van der Waals surface area (Å²) in [4.78, 5) is 0. The van der Waals surface area contributed by atoms with E-state index in [9.17, 15) is 17.6 Å². The van der Waals surface area contributed by atoms with Gasteiger partial charge in [-0.3, -0.25) is 0 Å². The van der Waals surface area contributed by atoms with Gasteiger partial charge >= 0.3 is 6.18 Å². The molecule has 0 fully saturated rings. The Kier molecular flexibility index (Phi) is 3.13. The summed E-state index contributed by atoms with van der Waals surface area (Å²) in [7, 11) is 0. The molecule has 1 aromatic carbocycles. The molecule has 0 radical (unpaired) electrons. The Hall–Kier alpha value is -1.82. The first-order valence-electron chi connectivity index (χ1n) is 5.07. The minimum atomic E-state index is -4.73. The number of furan rings is 1. The largest absolute Gasteiger partial charge is 0.467 e. The molecule has 0 saturated carbocycles. The molecule has 0 spiro atoms. The molecular formula is C12H9F4NO. The third-order valence-corrected chi connectivity index (χ3v) is 2.51. The van der Waals surface area contributed by atoms with Gasteiger partial charge in [0.05, 0.1) is 18.4 Å². The zero-order chi connectivity index (χ0) is 13.3. The molecule has 2 aromatic rings. The first-order valence-corrected chi connectivity index (χ1v) is 5.07. The predicted octanol–water partition coefficient (Wildman–Crippen LogP) is 3.56. The Morgan fingerprint density at radius 1 is 1.17 bits per heavy atom. The molecule has 0 amide bonds. The zero-order valence-electron chi connectivity index (χ0n) is 9.09. The Labute approximate surface area is 100 Å². The van der Waals surface area contributed by atoms with Crippen LogP contribution in [0.4, 0.5) is 17.6 Å². The highest BCUT2D eigenvalue weighted by molar-refractivity contribution is 5.66. The van der Waals surface area contributed by atoms with Gasteiger partial charge in [-0.15, -0.1) is 0 Å². The average Bonchev–Trinajstić information content (AvgIpc) is 2.76. The quantitative estimate of drug-likeness (QED) is 0.837. The van der Waals surface area contributed by atoms with E-state index >= 15 is 0 Å². The average molecular weight is 259 g/mol. The predicted molar refractivity (Wildman–Crippen MR) is 57.0 cm³/mol. The molecule has 96 valence electrons. The Morgan fingerprint density at radius 2 is 1.89 bits per heavy atom. The van der Waals surface area contributed by atoms with Crippen LogP contribution in [0.1, 0.15) is 11.3 Å². The minimum Gasteiger partial charge on any atom is -0.467 e. The van der Waals surface area contributed by atoms with E-state index in [-0.39, 0.29) is 12.1 Å². The van der Waals surface area contributed by atoms with Crippen LogP contribution in [0, 0.1) is 5.82 Å². The molecule has 1 aromatic heterocycles. The van der Waals surface area contributed by atoms with Gasteiger partial charge in [-0.2, -0.15) is 13.2 Å². The highest BCUT2D eigenvalue weighted by Crippen LogP contribution is 2.35. The first kappa shape index (κ1) is 12.6. The van der Waals surface area contributed by atoms with Crippen molar-refractivity contribution in [3.63, 3.8) is 0 Å². The lowest BCUT2D eigenvalue weighted by Gasteiger charge is -2.10. The van der Waals surface area contributed by atoms with E-state index in [1.807, 2.05) is 0 Å². The van der Waals surface area contributed by atoms with Gasteiger partial charge in [0.1, 0.15) is 11.6 Å². The van der Waals surface area contributed by atoms with Crippen molar-refractivity contribution in [3.8, 4) is 11.1 Å². The van der Waals surface area contributed by atoms with Crippen molar-refractivity contribution in [2.24, 2.45) is 5.73 Å². The normalized spacial score (nSPS) is 11.8. The molecule has 0 aliphatic rings. The first-order chi connectivity index (χ1) is 8.43. The second-order valence-corrected chi connectivity index (χ2v) is 3.65. The Balaban J connectivity index is 2.54. The molecular weight excluding hydrogens is 250 g/mol. The van der Waals surface area contributed by atoms with Crippen LogP contribution in [0.5, 0.6) is 0 Å². The molecule has 2 N–H and O–H groups in total. The molecule has 18 heavy (non-hydrogen) atoms. The zero-order valence-corrected chi connectivity index (χ0v) is 9.09. The summed E-state index contributed by atoms with van der Waals surface area (Å²) in [5.74, 6) is -0.946. The van der Waals surface area contributed by atoms with Gasteiger partial charge in [-0.1, -0.05) is 6.07 Å². The van der Waals surface area contributed by atoms with Crippen LogP contribution in [0.2, 0.25) is 0 Å². The summed E-state index contributed by atoms with van der Waals surface area (Å²) in [5.41, 5.74) is 4.75. The molecule has 0 atom stereocenters. The second-order valence-electron chi connectivity index (χ2n) is 3.65. The van der Waals surface area contributed by atoms with E-state index in [1.165, 1.54) is 18.4 Å². The van der Waals surface area contributed by atoms with Crippen molar-refractivity contribution in [1.82, 2.24) is 0 Å². The minimum absolute atomic E-state index is 0.0566. The standard InChI is InChI=1S/C12H9F4NO/c13-10-2-1-7(5-9(10)12(14,15)16)8-3-4-18-11(8)6-17/h1-5H,6,17H2. The fourth-order valence-electron chi connectivity index (χ4n) is 1.67. The van der Waals surface area contributed by atoms with E-state index in [0.29, 0.717) is 11.3 Å².